The Bertz CT molecular complexity index is 307. The average molecular weight is 241 g/mol. The third-order valence-electron chi connectivity index (χ3n) is 3.81. The van der Waals surface area contributed by atoms with Gasteiger partial charge < -0.3 is 15.8 Å². The Labute approximate surface area is 103 Å². The lowest BCUT2D eigenvalue weighted by Crippen LogP contribution is -2.52. The number of hydrogen-bond donors (Lipinski definition) is 2. The summed E-state index contributed by atoms with van der Waals surface area (Å²) in [6.45, 7) is 3.92. The van der Waals surface area contributed by atoms with Crippen LogP contribution in [-0.2, 0) is 4.79 Å². The predicted molar refractivity (Wildman–Crippen MR) is 66.8 cm³/mol. The zero-order valence-electron chi connectivity index (χ0n) is 10.9. The molecule has 0 bridgehead atoms. The molecule has 1 aliphatic rings. The quantitative estimate of drug-likeness (QED) is 0.340. The molecule has 0 aromatic heterocycles. The number of hydrogen-bond acceptors (Lipinski definition) is 3. The molecule has 1 rings (SSSR count). The number of amides is 1. The van der Waals surface area contributed by atoms with E-state index in [4.69, 9.17) is 10.9 Å². The van der Waals surface area contributed by atoms with Crippen LogP contribution in [0.25, 0.3) is 0 Å². The van der Waals surface area contributed by atoms with E-state index in [1.807, 2.05) is 13.8 Å². The summed E-state index contributed by atoms with van der Waals surface area (Å²) < 4.78 is 0. The van der Waals surface area contributed by atoms with Gasteiger partial charge in [-0.15, -0.1) is 0 Å². The SMILES string of the molecule is CC(C)N(C)C(=O)C1(C(N)=NO)CCCCC1. The molecule has 5 nitrogen and oxygen atoms in total. The maximum absolute atomic E-state index is 12.5. The van der Waals surface area contributed by atoms with Crippen molar-refractivity contribution in [2.45, 2.75) is 52.0 Å². The molecular weight excluding hydrogens is 218 g/mol. The van der Waals surface area contributed by atoms with Crippen LogP contribution in [-0.4, -0.2) is 34.9 Å². The van der Waals surface area contributed by atoms with Crippen molar-refractivity contribution in [3.05, 3.63) is 0 Å². The van der Waals surface area contributed by atoms with Crippen LogP contribution in [0.5, 0.6) is 0 Å². The molecule has 3 N–H and O–H groups in total. The number of carbonyl (C=O) groups excluding carboxylic acids is 1. The van der Waals surface area contributed by atoms with E-state index < -0.39 is 5.41 Å². The van der Waals surface area contributed by atoms with Crippen molar-refractivity contribution in [3.8, 4) is 0 Å². The highest BCUT2D eigenvalue weighted by atomic mass is 16.4. The minimum atomic E-state index is -0.786. The summed E-state index contributed by atoms with van der Waals surface area (Å²) in [5.74, 6) is 0.0391. The number of amidine groups is 1. The van der Waals surface area contributed by atoms with Crippen molar-refractivity contribution >= 4 is 11.7 Å². The van der Waals surface area contributed by atoms with Crippen molar-refractivity contribution < 1.29 is 10.0 Å². The summed E-state index contributed by atoms with van der Waals surface area (Å²) in [5.41, 5.74) is 4.99. The van der Waals surface area contributed by atoms with Gasteiger partial charge in [-0.05, 0) is 26.7 Å². The van der Waals surface area contributed by atoms with E-state index in [0.717, 1.165) is 19.3 Å². The second-order valence-corrected chi connectivity index (χ2v) is 5.14. The molecular formula is C12H23N3O2. The van der Waals surface area contributed by atoms with Crippen molar-refractivity contribution in [2.75, 3.05) is 7.05 Å². The van der Waals surface area contributed by atoms with Gasteiger partial charge in [0.05, 0.1) is 0 Å². The van der Waals surface area contributed by atoms with Gasteiger partial charge in [0.15, 0.2) is 5.84 Å². The lowest BCUT2D eigenvalue weighted by Gasteiger charge is -2.38. The first-order chi connectivity index (χ1) is 7.95. The molecule has 1 saturated carbocycles. The van der Waals surface area contributed by atoms with Gasteiger partial charge in [0.25, 0.3) is 0 Å². The number of oxime groups is 1. The molecule has 0 atom stereocenters. The van der Waals surface area contributed by atoms with Gasteiger partial charge in [0.2, 0.25) is 5.91 Å². The zero-order valence-corrected chi connectivity index (χ0v) is 10.9. The normalized spacial score (nSPS) is 20.4. The van der Waals surface area contributed by atoms with E-state index in [1.165, 1.54) is 0 Å². The summed E-state index contributed by atoms with van der Waals surface area (Å²) in [4.78, 5) is 14.2. The summed E-state index contributed by atoms with van der Waals surface area (Å²) >= 11 is 0. The maximum Gasteiger partial charge on any atom is 0.236 e. The Morgan fingerprint density at radius 3 is 2.29 bits per heavy atom. The summed E-state index contributed by atoms with van der Waals surface area (Å²) in [5, 5.41) is 12.0. The molecule has 1 aliphatic carbocycles. The lowest BCUT2D eigenvalue weighted by atomic mass is 9.72. The number of nitrogens with two attached hydrogens (primary N) is 1. The van der Waals surface area contributed by atoms with Crippen LogP contribution in [0.2, 0.25) is 0 Å². The number of nitrogens with zero attached hydrogens (tertiary/aromatic N) is 2. The van der Waals surface area contributed by atoms with Crippen molar-refractivity contribution in [1.82, 2.24) is 4.90 Å². The van der Waals surface area contributed by atoms with Gasteiger partial charge in [0.1, 0.15) is 5.41 Å². The molecule has 17 heavy (non-hydrogen) atoms. The lowest BCUT2D eigenvalue weighted by molar-refractivity contribution is -0.140. The predicted octanol–water partition coefficient (Wildman–Crippen LogP) is 1.55. The van der Waals surface area contributed by atoms with Crippen LogP contribution < -0.4 is 5.73 Å². The Hall–Kier alpha value is -1.26. The monoisotopic (exact) mass is 241 g/mol. The highest BCUT2D eigenvalue weighted by molar-refractivity contribution is 6.06. The van der Waals surface area contributed by atoms with Crippen molar-refractivity contribution in [1.29, 1.82) is 0 Å². The van der Waals surface area contributed by atoms with Crippen LogP contribution in [0, 0.1) is 5.41 Å². The van der Waals surface area contributed by atoms with Gasteiger partial charge in [-0.1, -0.05) is 24.4 Å². The number of rotatable bonds is 3. The zero-order chi connectivity index (χ0) is 13.1. The third-order valence-corrected chi connectivity index (χ3v) is 3.81. The summed E-state index contributed by atoms with van der Waals surface area (Å²) in [6.07, 6.45) is 4.37. The minimum Gasteiger partial charge on any atom is -0.409 e. The first-order valence-electron chi connectivity index (χ1n) is 6.21. The molecule has 0 aromatic rings. The molecule has 0 radical (unpaired) electrons. The molecule has 98 valence electrons. The fourth-order valence-electron chi connectivity index (χ4n) is 2.40. The molecule has 0 heterocycles. The van der Waals surface area contributed by atoms with Crippen LogP contribution in [0.4, 0.5) is 0 Å². The van der Waals surface area contributed by atoms with Gasteiger partial charge in [-0.2, -0.15) is 0 Å². The minimum absolute atomic E-state index is 0.0255. The highest BCUT2D eigenvalue weighted by Crippen LogP contribution is 2.38. The molecule has 0 spiro atoms. The molecule has 0 aromatic carbocycles. The van der Waals surface area contributed by atoms with Crippen molar-refractivity contribution in [2.24, 2.45) is 16.3 Å². The first-order valence-corrected chi connectivity index (χ1v) is 6.21. The largest absolute Gasteiger partial charge is 0.409 e. The van der Waals surface area contributed by atoms with E-state index in [0.29, 0.717) is 12.8 Å². The molecule has 0 saturated heterocycles. The van der Waals surface area contributed by atoms with Crippen molar-refractivity contribution in [3.63, 3.8) is 0 Å². The number of carbonyl (C=O) groups is 1. The Kier molecular flexibility index (Phi) is 4.37. The fourth-order valence-corrected chi connectivity index (χ4v) is 2.40. The standard InChI is InChI=1S/C12H23N3O2/c1-9(2)15(3)11(16)12(10(13)14-17)7-5-4-6-8-12/h9,17H,4-8H2,1-3H3,(H2,13,14). The Morgan fingerprint density at radius 1 is 1.35 bits per heavy atom. The topological polar surface area (TPSA) is 78.9 Å². The second-order valence-electron chi connectivity index (χ2n) is 5.14. The van der Waals surface area contributed by atoms with Crippen LogP contribution in [0.3, 0.4) is 0 Å². The Balaban J connectivity index is 3.02. The van der Waals surface area contributed by atoms with Gasteiger partial charge in [-0.3, -0.25) is 4.79 Å². The fraction of sp³-hybridized carbons (Fsp3) is 0.833. The van der Waals surface area contributed by atoms with Gasteiger partial charge in [-0.25, -0.2) is 0 Å². The van der Waals surface area contributed by atoms with E-state index in [-0.39, 0.29) is 17.8 Å². The maximum atomic E-state index is 12.5. The molecule has 1 fully saturated rings. The summed E-state index contributed by atoms with van der Waals surface area (Å²) in [6, 6.07) is 0.118. The summed E-state index contributed by atoms with van der Waals surface area (Å²) in [7, 11) is 1.77. The second kappa shape index (κ2) is 5.38. The van der Waals surface area contributed by atoms with Crippen LogP contribution >= 0.6 is 0 Å². The van der Waals surface area contributed by atoms with Gasteiger partial charge >= 0.3 is 0 Å². The van der Waals surface area contributed by atoms with E-state index >= 15 is 0 Å². The van der Waals surface area contributed by atoms with Gasteiger partial charge in [0, 0.05) is 13.1 Å². The van der Waals surface area contributed by atoms with Crippen LogP contribution in [0.1, 0.15) is 46.0 Å². The Morgan fingerprint density at radius 2 is 1.88 bits per heavy atom. The average Bonchev–Trinajstić information content (AvgIpc) is 2.36. The smallest absolute Gasteiger partial charge is 0.236 e. The molecule has 0 unspecified atom stereocenters. The third kappa shape index (κ3) is 2.53. The van der Waals surface area contributed by atoms with Crippen LogP contribution in [0.15, 0.2) is 5.16 Å². The van der Waals surface area contributed by atoms with E-state index in [2.05, 4.69) is 5.16 Å². The first kappa shape index (κ1) is 13.8. The van der Waals surface area contributed by atoms with E-state index in [9.17, 15) is 4.79 Å². The highest BCUT2D eigenvalue weighted by Gasteiger charge is 2.45. The molecule has 0 aliphatic heterocycles. The molecule has 1 amide bonds. The van der Waals surface area contributed by atoms with E-state index in [1.54, 1.807) is 11.9 Å². The molecule has 5 heteroatoms.